The average molecular weight is 394 g/mol. The van der Waals surface area contributed by atoms with Gasteiger partial charge in [0.25, 0.3) is 0 Å². The molecule has 0 aliphatic heterocycles. The van der Waals surface area contributed by atoms with Crippen LogP contribution in [-0.2, 0) is 4.74 Å². The third-order valence-corrected chi connectivity index (χ3v) is 3.16. The first-order valence-corrected chi connectivity index (χ1v) is 6.14. The molecule has 118 valence electrons. The van der Waals surface area contributed by atoms with Crippen molar-refractivity contribution in [3.8, 4) is 5.75 Å². The Morgan fingerprint density at radius 2 is 1.29 bits per heavy atom. The van der Waals surface area contributed by atoms with Gasteiger partial charge >= 0.3 is 6.16 Å². The summed E-state index contributed by atoms with van der Waals surface area (Å²) in [7, 11) is 0. The van der Waals surface area contributed by atoms with E-state index in [4.69, 9.17) is 46.4 Å². The van der Waals surface area contributed by atoms with Crippen LogP contribution in [0.3, 0.4) is 0 Å². The standard InChI is InChI=1S/C9HCl4F5O3/c10-7(9(11,12)13)21-8(19)20-6-4(17)2(15)1(14)3(16)5(6)18/h7H. The second kappa shape index (κ2) is 6.60. The lowest BCUT2D eigenvalue weighted by atomic mass is 10.3. The molecule has 1 atom stereocenters. The summed E-state index contributed by atoms with van der Waals surface area (Å²) in [4.78, 5) is 11.1. The Kier molecular flexibility index (Phi) is 5.76. The van der Waals surface area contributed by atoms with Gasteiger partial charge in [-0.2, -0.15) is 8.78 Å². The first-order valence-electron chi connectivity index (χ1n) is 4.57. The molecule has 0 aliphatic rings. The number of hydrogen-bond donors (Lipinski definition) is 0. The van der Waals surface area contributed by atoms with Crippen LogP contribution in [0.1, 0.15) is 0 Å². The van der Waals surface area contributed by atoms with Crippen molar-refractivity contribution in [2.45, 2.75) is 9.36 Å². The van der Waals surface area contributed by atoms with E-state index in [0.29, 0.717) is 0 Å². The van der Waals surface area contributed by atoms with Gasteiger partial charge in [0.05, 0.1) is 0 Å². The molecule has 0 N–H and O–H groups in total. The number of rotatable bonds is 2. The average Bonchev–Trinajstić information content (AvgIpc) is 2.38. The number of alkyl halides is 4. The molecule has 0 saturated carbocycles. The molecule has 12 heteroatoms. The summed E-state index contributed by atoms with van der Waals surface area (Å²) in [6, 6.07) is 0. The summed E-state index contributed by atoms with van der Waals surface area (Å²) >= 11 is 20.9. The van der Waals surface area contributed by atoms with E-state index in [1.54, 1.807) is 0 Å². The Morgan fingerprint density at radius 1 is 0.905 bits per heavy atom. The Labute approximate surface area is 133 Å². The van der Waals surface area contributed by atoms with Crippen LogP contribution in [0.15, 0.2) is 0 Å². The van der Waals surface area contributed by atoms with Gasteiger partial charge in [0, 0.05) is 0 Å². The summed E-state index contributed by atoms with van der Waals surface area (Å²) in [5.74, 6) is -13.7. The van der Waals surface area contributed by atoms with Crippen LogP contribution >= 0.6 is 46.4 Å². The lowest BCUT2D eigenvalue weighted by Gasteiger charge is -2.17. The first-order chi connectivity index (χ1) is 9.46. The SMILES string of the molecule is O=C(Oc1c(F)c(F)c(F)c(F)c1F)OC(Cl)C(Cl)(Cl)Cl. The zero-order valence-electron chi connectivity index (χ0n) is 9.20. The molecule has 0 saturated heterocycles. The van der Waals surface area contributed by atoms with Crippen LogP contribution in [0.4, 0.5) is 26.7 Å². The van der Waals surface area contributed by atoms with Gasteiger partial charge in [-0.05, 0) is 0 Å². The lowest BCUT2D eigenvalue weighted by molar-refractivity contribution is 0.0843. The van der Waals surface area contributed by atoms with Crippen LogP contribution in [0, 0.1) is 29.1 Å². The molecule has 3 nitrogen and oxygen atoms in total. The van der Waals surface area contributed by atoms with Gasteiger partial charge in [-0.25, -0.2) is 18.0 Å². The van der Waals surface area contributed by atoms with Crippen LogP contribution in [0.2, 0.25) is 0 Å². The Morgan fingerprint density at radius 3 is 1.67 bits per heavy atom. The van der Waals surface area contributed by atoms with Crippen molar-refractivity contribution in [2.24, 2.45) is 0 Å². The molecule has 1 aromatic carbocycles. The number of carbonyl (C=O) groups is 1. The molecule has 0 aromatic heterocycles. The predicted molar refractivity (Wildman–Crippen MR) is 63.3 cm³/mol. The lowest BCUT2D eigenvalue weighted by Crippen LogP contribution is -2.28. The minimum Gasteiger partial charge on any atom is -0.410 e. The van der Waals surface area contributed by atoms with Crippen LogP contribution in [-0.4, -0.2) is 15.5 Å². The van der Waals surface area contributed by atoms with Gasteiger partial charge in [0.15, 0.2) is 0 Å². The molecule has 0 radical (unpaired) electrons. The molecule has 1 aromatic rings. The van der Waals surface area contributed by atoms with Crippen molar-refractivity contribution in [2.75, 3.05) is 0 Å². The predicted octanol–water partition coefficient (Wildman–Crippen LogP) is 4.83. The van der Waals surface area contributed by atoms with E-state index in [1.165, 1.54) is 0 Å². The molecule has 1 rings (SSSR count). The smallest absolute Gasteiger partial charge is 0.410 e. The van der Waals surface area contributed by atoms with Crippen molar-refractivity contribution in [3.05, 3.63) is 29.1 Å². The van der Waals surface area contributed by atoms with E-state index >= 15 is 0 Å². The van der Waals surface area contributed by atoms with Gasteiger partial charge in [-0.1, -0.05) is 46.4 Å². The molecule has 0 heterocycles. The fourth-order valence-electron chi connectivity index (χ4n) is 0.933. The zero-order chi connectivity index (χ0) is 16.5. The maximum atomic E-state index is 13.2. The summed E-state index contributed by atoms with van der Waals surface area (Å²) in [6.07, 6.45) is -1.95. The maximum Gasteiger partial charge on any atom is 0.515 e. The second-order valence-electron chi connectivity index (χ2n) is 3.23. The van der Waals surface area contributed by atoms with Crippen LogP contribution in [0.5, 0.6) is 5.75 Å². The molecule has 0 amide bonds. The van der Waals surface area contributed by atoms with E-state index in [0.717, 1.165) is 0 Å². The zero-order valence-corrected chi connectivity index (χ0v) is 12.2. The van der Waals surface area contributed by atoms with Crippen molar-refractivity contribution in [1.82, 2.24) is 0 Å². The van der Waals surface area contributed by atoms with Gasteiger partial charge < -0.3 is 9.47 Å². The Balaban J connectivity index is 3.02. The molecule has 1 unspecified atom stereocenters. The molecule has 0 fully saturated rings. The third kappa shape index (κ3) is 4.15. The van der Waals surface area contributed by atoms with E-state index < -0.39 is 50.3 Å². The van der Waals surface area contributed by atoms with Crippen molar-refractivity contribution in [3.63, 3.8) is 0 Å². The van der Waals surface area contributed by atoms with Gasteiger partial charge in [-0.3, -0.25) is 0 Å². The summed E-state index contributed by atoms with van der Waals surface area (Å²) in [6.45, 7) is 0. The highest BCUT2D eigenvalue weighted by Crippen LogP contribution is 2.35. The van der Waals surface area contributed by atoms with Crippen molar-refractivity contribution >= 4 is 52.6 Å². The van der Waals surface area contributed by atoms with Crippen LogP contribution < -0.4 is 4.74 Å². The van der Waals surface area contributed by atoms with E-state index in [-0.39, 0.29) is 0 Å². The molecule has 0 aliphatic carbocycles. The summed E-state index contributed by atoms with van der Waals surface area (Å²) in [5, 5.41) is 0. The fraction of sp³-hybridized carbons (Fsp3) is 0.222. The number of carbonyl (C=O) groups excluding carboxylic acids is 1. The Hall–Kier alpha value is -0.700. The van der Waals surface area contributed by atoms with E-state index in [1.807, 2.05) is 0 Å². The van der Waals surface area contributed by atoms with Crippen molar-refractivity contribution < 1.29 is 36.2 Å². The van der Waals surface area contributed by atoms with Crippen LogP contribution in [0.25, 0.3) is 0 Å². The number of benzene rings is 1. The molecule has 0 spiro atoms. The Bertz CT molecular complexity index is 548. The third-order valence-electron chi connectivity index (χ3n) is 1.81. The van der Waals surface area contributed by atoms with Gasteiger partial charge in [-0.15, -0.1) is 0 Å². The van der Waals surface area contributed by atoms with E-state index in [9.17, 15) is 26.7 Å². The van der Waals surface area contributed by atoms with E-state index in [2.05, 4.69) is 9.47 Å². The minimum atomic E-state index is -2.43. The highest BCUT2D eigenvalue weighted by molar-refractivity contribution is 6.70. The minimum absolute atomic E-state index is 1.88. The number of halogens is 9. The molecular formula is C9HCl4F5O3. The normalized spacial score (nSPS) is 13.0. The first kappa shape index (κ1) is 18.3. The monoisotopic (exact) mass is 392 g/mol. The van der Waals surface area contributed by atoms with Gasteiger partial charge in [0.2, 0.25) is 44.2 Å². The number of ether oxygens (including phenoxy) is 2. The van der Waals surface area contributed by atoms with Crippen molar-refractivity contribution in [1.29, 1.82) is 0 Å². The summed E-state index contributed by atoms with van der Waals surface area (Å²) < 4.78 is 70.3. The topological polar surface area (TPSA) is 35.5 Å². The quantitative estimate of drug-likeness (QED) is 0.180. The summed E-state index contributed by atoms with van der Waals surface area (Å²) in [5.41, 5.74) is -1.95. The molecular weight excluding hydrogens is 393 g/mol. The maximum absolute atomic E-state index is 13.2. The second-order valence-corrected chi connectivity index (χ2v) is 5.99. The highest BCUT2D eigenvalue weighted by atomic mass is 35.6. The molecule has 21 heavy (non-hydrogen) atoms. The van der Waals surface area contributed by atoms with Gasteiger partial charge in [0.1, 0.15) is 0 Å². The molecule has 0 bridgehead atoms. The fourth-order valence-corrected chi connectivity index (χ4v) is 1.14. The number of hydrogen-bond acceptors (Lipinski definition) is 3. The highest BCUT2D eigenvalue weighted by Gasteiger charge is 2.36. The largest absolute Gasteiger partial charge is 0.515 e.